The molecule has 2 heteroatoms. The summed E-state index contributed by atoms with van der Waals surface area (Å²) in [6, 6.07) is 11.8. The molecule has 0 aliphatic heterocycles. The van der Waals surface area contributed by atoms with Gasteiger partial charge in [-0.15, -0.1) is 0 Å². The molecule has 142 valence electrons. The molecular weight excluding hydrogens is 332 g/mol. The molecule has 0 saturated heterocycles. The Morgan fingerprint density at radius 3 is 2.37 bits per heavy atom. The molecule has 2 atom stereocenters. The molecule has 1 aliphatic carbocycles. The maximum atomic E-state index is 11.1. The maximum absolute atomic E-state index is 11.1. The third kappa shape index (κ3) is 3.71. The van der Waals surface area contributed by atoms with E-state index in [4.69, 9.17) is 5.11 Å². The number of hydrogen-bond acceptors (Lipinski definition) is 1. The molecule has 1 aliphatic rings. The first-order valence-electron chi connectivity index (χ1n) is 9.77. The van der Waals surface area contributed by atoms with E-state index in [2.05, 4.69) is 59.8 Å². The van der Waals surface area contributed by atoms with Crippen LogP contribution in [0.2, 0.25) is 0 Å². The van der Waals surface area contributed by atoms with Crippen molar-refractivity contribution in [1.29, 1.82) is 0 Å². The molecule has 2 unspecified atom stereocenters. The van der Waals surface area contributed by atoms with Crippen LogP contribution in [0.3, 0.4) is 0 Å². The Morgan fingerprint density at radius 2 is 1.78 bits per heavy atom. The Kier molecular flexibility index (Phi) is 5.03. The molecule has 0 fully saturated rings. The third-order valence-corrected chi connectivity index (χ3v) is 6.13. The summed E-state index contributed by atoms with van der Waals surface area (Å²) in [6.45, 7) is 13.8. The molecule has 0 aromatic heterocycles. The van der Waals surface area contributed by atoms with Crippen LogP contribution < -0.4 is 0 Å². The second-order valence-corrected chi connectivity index (χ2v) is 8.89. The number of aryl methyl sites for hydroxylation is 1. The summed E-state index contributed by atoms with van der Waals surface area (Å²) in [5, 5.41) is 9.09. The molecule has 0 bridgehead atoms. The fraction of sp³-hybridized carbons (Fsp3) is 0.400. The normalized spacial score (nSPS) is 21.6. The largest absolute Gasteiger partial charge is 0.478 e. The van der Waals surface area contributed by atoms with Crippen molar-refractivity contribution in [1.82, 2.24) is 0 Å². The quantitative estimate of drug-likeness (QED) is 0.619. The van der Waals surface area contributed by atoms with E-state index in [1.54, 1.807) is 12.1 Å². The van der Waals surface area contributed by atoms with E-state index < -0.39 is 5.97 Å². The maximum Gasteiger partial charge on any atom is 0.335 e. The van der Waals surface area contributed by atoms with E-state index in [0.29, 0.717) is 17.4 Å². The van der Waals surface area contributed by atoms with E-state index >= 15 is 0 Å². The molecule has 2 aromatic rings. The topological polar surface area (TPSA) is 37.3 Å². The Balaban J connectivity index is 2.11. The fourth-order valence-electron chi connectivity index (χ4n) is 4.68. The van der Waals surface area contributed by atoms with E-state index in [1.807, 2.05) is 12.1 Å². The molecule has 1 N–H and O–H groups in total. The fourth-order valence-corrected chi connectivity index (χ4v) is 4.68. The van der Waals surface area contributed by atoms with Gasteiger partial charge in [0.15, 0.2) is 0 Å². The standard InChI is InChI=1S/C25H30O2/c1-15-11-21(16(2)13-19-7-9-20(10-8-19)24(26)27)23-22(12-15)18(4)17(3)14-25(23,5)6/h7-13,17-18H,14H2,1-6H3,(H,26,27)/b16-13+. The summed E-state index contributed by atoms with van der Waals surface area (Å²) in [5.41, 5.74) is 8.33. The van der Waals surface area contributed by atoms with Crippen LogP contribution in [0.4, 0.5) is 0 Å². The lowest BCUT2D eigenvalue weighted by Gasteiger charge is -2.42. The van der Waals surface area contributed by atoms with E-state index in [1.165, 1.54) is 34.2 Å². The highest BCUT2D eigenvalue weighted by Gasteiger charge is 2.37. The molecule has 27 heavy (non-hydrogen) atoms. The molecule has 0 heterocycles. The summed E-state index contributed by atoms with van der Waals surface area (Å²) in [7, 11) is 0. The van der Waals surface area contributed by atoms with Crippen LogP contribution in [-0.4, -0.2) is 11.1 Å². The van der Waals surface area contributed by atoms with Gasteiger partial charge in [-0.05, 0) is 77.5 Å². The zero-order chi connectivity index (χ0) is 19.9. The highest BCUT2D eigenvalue weighted by atomic mass is 16.4. The van der Waals surface area contributed by atoms with Crippen molar-refractivity contribution in [3.8, 4) is 0 Å². The number of rotatable bonds is 3. The van der Waals surface area contributed by atoms with Crippen molar-refractivity contribution in [2.24, 2.45) is 5.92 Å². The number of benzene rings is 2. The predicted molar refractivity (Wildman–Crippen MR) is 113 cm³/mol. The summed E-state index contributed by atoms with van der Waals surface area (Å²) in [4.78, 5) is 11.1. The van der Waals surface area contributed by atoms with Gasteiger partial charge in [0.1, 0.15) is 0 Å². The average molecular weight is 363 g/mol. The van der Waals surface area contributed by atoms with Crippen molar-refractivity contribution in [3.05, 3.63) is 69.8 Å². The van der Waals surface area contributed by atoms with Crippen LogP contribution in [0, 0.1) is 12.8 Å². The summed E-state index contributed by atoms with van der Waals surface area (Å²) in [5.74, 6) is 0.351. The van der Waals surface area contributed by atoms with Gasteiger partial charge in [-0.3, -0.25) is 0 Å². The highest BCUT2D eigenvalue weighted by Crippen LogP contribution is 2.48. The van der Waals surface area contributed by atoms with Gasteiger partial charge in [0, 0.05) is 0 Å². The van der Waals surface area contributed by atoms with E-state index in [-0.39, 0.29) is 5.41 Å². The summed E-state index contributed by atoms with van der Waals surface area (Å²) >= 11 is 0. The first-order valence-corrected chi connectivity index (χ1v) is 9.77. The first kappa shape index (κ1) is 19.4. The Bertz CT molecular complexity index is 901. The van der Waals surface area contributed by atoms with Crippen LogP contribution in [-0.2, 0) is 5.41 Å². The van der Waals surface area contributed by atoms with Gasteiger partial charge in [0.25, 0.3) is 0 Å². The van der Waals surface area contributed by atoms with Crippen LogP contribution in [0.5, 0.6) is 0 Å². The van der Waals surface area contributed by atoms with Crippen molar-refractivity contribution in [2.45, 2.75) is 59.3 Å². The van der Waals surface area contributed by atoms with Gasteiger partial charge in [-0.25, -0.2) is 4.79 Å². The van der Waals surface area contributed by atoms with Crippen molar-refractivity contribution in [2.75, 3.05) is 0 Å². The van der Waals surface area contributed by atoms with Crippen molar-refractivity contribution in [3.63, 3.8) is 0 Å². The zero-order valence-electron chi connectivity index (χ0n) is 17.3. The predicted octanol–water partition coefficient (Wildman–Crippen LogP) is 6.67. The monoisotopic (exact) mass is 362 g/mol. The highest BCUT2D eigenvalue weighted by molar-refractivity contribution is 5.88. The van der Waals surface area contributed by atoms with Gasteiger partial charge in [-0.2, -0.15) is 0 Å². The summed E-state index contributed by atoms with van der Waals surface area (Å²) < 4.78 is 0. The molecule has 0 radical (unpaired) electrons. The second kappa shape index (κ2) is 6.99. The Labute approximate surface area is 162 Å². The van der Waals surface area contributed by atoms with E-state index in [9.17, 15) is 4.79 Å². The number of carbonyl (C=O) groups is 1. The van der Waals surface area contributed by atoms with Gasteiger partial charge in [-0.1, -0.05) is 63.6 Å². The second-order valence-electron chi connectivity index (χ2n) is 8.89. The number of fused-ring (bicyclic) bond motifs is 1. The first-order chi connectivity index (χ1) is 12.6. The number of allylic oxidation sites excluding steroid dienone is 1. The lowest BCUT2D eigenvalue weighted by Crippen LogP contribution is -2.32. The van der Waals surface area contributed by atoms with Crippen LogP contribution in [0.1, 0.15) is 85.1 Å². The van der Waals surface area contributed by atoms with Crippen LogP contribution >= 0.6 is 0 Å². The molecular formula is C25H30O2. The molecule has 3 rings (SSSR count). The van der Waals surface area contributed by atoms with Gasteiger partial charge < -0.3 is 5.11 Å². The number of carboxylic acids is 1. The minimum absolute atomic E-state index is 0.145. The number of hydrogen-bond donors (Lipinski definition) is 1. The molecule has 0 spiro atoms. The van der Waals surface area contributed by atoms with Gasteiger partial charge >= 0.3 is 5.97 Å². The number of aromatic carboxylic acids is 1. The lowest BCUT2D eigenvalue weighted by atomic mass is 9.62. The van der Waals surface area contributed by atoms with Crippen molar-refractivity contribution < 1.29 is 9.90 Å². The van der Waals surface area contributed by atoms with Crippen LogP contribution in [0.15, 0.2) is 36.4 Å². The minimum atomic E-state index is -0.889. The number of carboxylic acid groups (broad SMARTS) is 1. The zero-order valence-corrected chi connectivity index (χ0v) is 17.3. The van der Waals surface area contributed by atoms with Crippen LogP contribution in [0.25, 0.3) is 11.6 Å². The molecule has 0 saturated carbocycles. The lowest BCUT2D eigenvalue weighted by molar-refractivity contribution is 0.0697. The van der Waals surface area contributed by atoms with Gasteiger partial charge in [0.2, 0.25) is 0 Å². The molecule has 0 amide bonds. The smallest absolute Gasteiger partial charge is 0.335 e. The minimum Gasteiger partial charge on any atom is -0.478 e. The molecule has 2 aromatic carbocycles. The van der Waals surface area contributed by atoms with Gasteiger partial charge in [0.05, 0.1) is 5.56 Å². The molecule has 2 nitrogen and oxygen atoms in total. The summed E-state index contributed by atoms with van der Waals surface area (Å²) in [6.07, 6.45) is 3.36. The SMILES string of the molecule is C/C(=C\c1ccc(C(=O)O)cc1)c1cc(C)cc2c1C(C)(C)CC(C)C2C. The Morgan fingerprint density at radius 1 is 1.15 bits per heavy atom. The third-order valence-electron chi connectivity index (χ3n) is 6.13. The Hall–Kier alpha value is -2.35. The van der Waals surface area contributed by atoms with Crippen molar-refractivity contribution >= 4 is 17.6 Å². The van der Waals surface area contributed by atoms with E-state index in [0.717, 1.165) is 5.56 Å². The average Bonchev–Trinajstić information content (AvgIpc) is 2.59.